The van der Waals surface area contributed by atoms with Crippen LogP contribution in [0.2, 0.25) is 0 Å². The first-order chi connectivity index (χ1) is 15.7. The van der Waals surface area contributed by atoms with Crippen LogP contribution in [0.25, 0.3) is 11.2 Å². The zero-order valence-electron chi connectivity index (χ0n) is 18.1. The lowest BCUT2D eigenvalue weighted by molar-refractivity contribution is -0.145. The summed E-state index contributed by atoms with van der Waals surface area (Å²) in [5.41, 5.74) is 6.77. The third kappa shape index (κ3) is 4.28. The van der Waals surface area contributed by atoms with Crippen molar-refractivity contribution >= 4 is 34.7 Å². The van der Waals surface area contributed by atoms with E-state index < -0.39 is 17.2 Å². The van der Waals surface area contributed by atoms with Gasteiger partial charge in [0.05, 0.1) is 6.33 Å². The van der Waals surface area contributed by atoms with Gasteiger partial charge in [-0.1, -0.05) is 18.2 Å². The molecule has 0 bridgehead atoms. The van der Waals surface area contributed by atoms with Crippen LogP contribution in [0.3, 0.4) is 0 Å². The van der Waals surface area contributed by atoms with E-state index in [4.69, 9.17) is 10.5 Å². The van der Waals surface area contributed by atoms with E-state index in [1.807, 2.05) is 31.2 Å². The van der Waals surface area contributed by atoms with Crippen LogP contribution in [-0.4, -0.2) is 39.6 Å². The molecule has 13 heteroatoms. The summed E-state index contributed by atoms with van der Waals surface area (Å²) in [5.74, 6) is -0.316. The standard InChI is InChI=1S/C20H21N9O4/c1-11-6-4-5-7-12(11)23-19-25-13(24-18(21)26-19)9-33-14(30)8-29-10-22-16-15(29)17(31)28(3)20(32)27(16)2/h4-7,10H,8-9H2,1-3H3,(H3,21,23,24,25,26). The quantitative estimate of drug-likeness (QED) is 0.381. The van der Waals surface area contributed by atoms with Crippen molar-refractivity contribution in [3.63, 3.8) is 0 Å². The number of para-hydroxylation sites is 1. The number of nitrogen functional groups attached to an aromatic ring is 1. The van der Waals surface area contributed by atoms with E-state index in [1.54, 1.807) is 0 Å². The molecule has 0 spiro atoms. The lowest BCUT2D eigenvalue weighted by Gasteiger charge is -2.10. The number of aromatic nitrogens is 7. The molecule has 0 aliphatic carbocycles. The third-order valence-corrected chi connectivity index (χ3v) is 4.97. The van der Waals surface area contributed by atoms with Crippen LogP contribution < -0.4 is 22.3 Å². The zero-order chi connectivity index (χ0) is 23.7. The second-order valence-corrected chi connectivity index (χ2v) is 7.28. The van der Waals surface area contributed by atoms with Crippen LogP contribution in [0, 0.1) is 6.92 Å². The highest BCUT2D eigenvalue weighted by Crippen LogP contribution is 2.18. The van der Waals surface area contributed by atoms with Crippen LogP contribution in [0.15, 0.2) is 40.2 Å². The summed E-state index contributed by atoms with van der Waals surface area (Å²) in [6.07, 6.45) is 1.30. The number of nitrogens with two attached hydrogens (primary N) is 1. The van der Waals surface area contributed by atoms with Gasteiger partial charge in [0.25, 0.3) is 5.56 Å². The molecular formula is C20H21N9O4. The van der Waals surface area contributed by atoms with Gasteiger partial charge in [0.2, 0.25) is 11.9 Å². The molecule has 4 rings (SSSR count). The summed E-state index contributed by atoms with van der Waals surface area (Å²) in [6.45, 7) is 1.39. The first-order valence-electron chi connectivity index (χ1n) is 9.84. The molecule has 170 valence electrons. The molecular weight excluding hydrogens is 430 g/mol. The number of fused-ring (bicyclic) bond motifs is 1. The number of aryl methyl sites for hydroxylation is 2. The maximum absolute atomic E-state index is 12.5. The molecule has 3 N–H and O–H groups in total. The molecule has 33 heavy (non-hydrogen) atoms. The van der Waals surface area contributed by atoms with E-state index in [0.29, 0.717) is 0 Å². The van der Waals surface area contributed by atoms with E-state index in [0.717, 1.165) is 15.8 Å². The van der Waals surface area contributed by atoms with Gasteiger partial charge in [-0.05, 0) is 18.6 Å². The van der Waals surface area contributed by atoms with Crippen LogP contribution in [0.1, 0.15) is 11.4 Å². The maximum atomic E-state index is 12.5. The van der Waals surface area contributed by atoms with E-state index in [1.165, 1.54) is 29.6 Å². The zero-order valence-corrected chi connectivity index (χ0v) is 18.1. The number of nitrogens with zero attached hydrogens (tertiary/aromatic N) is 7. The first kappa shape index (κ1) is 21.7. The fourth-order valence-corrected chi connectivity index (χ4v) is 3.24. The fraction of sp³-hybridized carbons (Fsp3) is 0.250. The summed E-state index contributed by atoms with van der Waals surface area (Å²) < 4.78 is 8.76. The number of hydrogen-bond acceptors (Lipinski definition) is 10. The highest BCUT2D eigenvalue weighted by atomic mass is 16.5. The minimum Gasteiger partial charge on any atom is -0.456 e. The number of nitrogens with one attached hydrogen (secondary N) is 1. The number of anilines is 3. The van der Waals surface area contributed by atoms with E-state index >= 15 is 0 Å². The van der Waals surface area contributed by atoms with Crippen molar-refractivity contribution in [3.8, 4) is 0 Å². The molecule has 0 amide bonds. The molecule has 0 aliphatic rings. The Kier molecular flexibility index (Phi) is 5.60. The van der Waals surface area contributed by atoms with E-state index in [2.05, 4.69) is 25.3 Å². The van der Waals surface area contributed by atoms with Crippen molar-refractivity contribution in [1.29, 1.82) is 0 Å². The van der Waals surface area contributed by atoms with Crippen molar-refractivity contribution < 1.29 is 9.53 Å². The molecule has 1 aromatic carbocycles. The SMILES string of the molecule is Cc1ccccc1Nc1nc(N)nc(COC(=O)Cn2cnc3c2c(=O)n(C)c(=O)n3C)n1. The number of imidazole rings is 1. The van der Waals surface area contributed by atoms with E-state index in [9.17, 15) is 14.4 Å². The molecule has 3 aromatic heterocycles. The van der Waals surface area contributed by atoms with Crippen molar-refractivity contribution in [2.75, 3.05) is 11.1 Å². The van der Waals surface area contributed by atoms with Gasteiger partial charge in [-0.2, -0.15) is 15.0 Å². The van der Waals surface area contributed by atoms with Gasteiger partial charge in [0, 0.05) is 19.8 Å². The van der Waals surface area contributed by atoms with Gasteiger partial charge in [-0.15, -0.1) is 0 Å². The summed E-state index contributed by atoms with van der Waals surface area (Å²) in [5, 5.41) is 3.06. The second-order valence-electron chi connectivity index (χ2n) is 7.28. The number of rotatable bonds is 6. The number of hydrogen-bond donors (Lipinski definition) is 2. The Bertz CT molecular complexity index is 1490. The Hall–Kier alpha value is -4.55. The lowest BCUT2D eigenvalue weighted by Crippen LogP contribution is -2.37. The smallest absolute Gasteiger partial charge is 0.332 e. The summed E-state index contributed by atoms with van der Waals surface area (Å²) in [7, 11) is 2.85. The Morgan fingerprint density at radius 1 is 1.12 bits per heavy atom. The highest BCUT2D eigenvalue weighted by Gasteiger charge is 2.17. The highest BCUT2D eigenvalue weighted by molar-refractivity contribution is 5.75. The average Bonchev–Trinajstić information content (AvgIpc) is 3.19. The Morgan fingerprint density at radius 2 is 1.88 bits per heavy atom. The van der Waals surface area contributed by atoms with Gasteiger partial charge < -0.3 is 20.4 Å². The summed E-state index contributed by atoms with van der Waals surface area (Å²) in [6, 6.07) is 7.57. The maximum Gasteiger partial charge on any atom is 0.332 e. The molecule has 0 aliphatic heterocycles. The molecule has 13 nitrogen and oxygen atoms in total. The molecule has 0 saturated carbocycles. The topological polar surface area (TPSA) is 165 Å². The largest absolute Gasteiger partial charge is 0.456 e. The van der Waals surface area contributed by atoms with Gasteiger partial charge in [-0.3, -0.25) is 18.7 Å². The molecule has 0 atom stereocenters. The molecule has 3 heterocycles. The number of carbonyl (C=O) groups is 1. The molecule has 0 fully saturated rings. The molecule has 0 unspecified atom stereocenters. The molecule has 0 radical (unpaired) electrons. The second kappa shape index (κ2) is 8.53. The summed E-state index contributed by atoms with van der Waals surface area (Å²) >= 11 is 0. The van der Waals surface area contributed by atoms with Crippen molar-refractivity contribution in [2.24, 2.45) is 14.1 Å². The van der Waals surface area contributed by atoms with Crippen LogP contribution in [0.5, 0.6) is 0 Å². The first-order valence-corrected chi connectivity index (χ1v) is 9.84. The molecule has 4 aromatic rings. The Balaban J connectivity index is 1.49. The van der Waals surface area contributed by atoms with Crippen LogP contribution in [-0.2, 0) is 36.8 Å². The Morgan fingerprint density at radius 3 is 2.64 bits per heavy atom. The minimum atomic E-state index is -0.655. The van der Waals surface area contributed by atoms with E-state index in [-0.39, 0.29) is 42.0 Å². The van der Waals surface area contributed by atoms with Crippen LogP contribution in [0.4, 0.5) is 17.6 Å². The van der Waals surface area contributed by atoms with Gasteiger partial charge >= 0.3 is 11.7 Å². The summed E-state index contributed by atoms with van der Waals surface area (Å²) in [4.78, 5) is 53.3. The average molecular weight is 451 g/mol. The number of esters is 1. The van der Waals surface area contributed by atoms with Crippen molar-refractivity contribution in [3.05, 3.63) is 62.8 Å². The number of carbonyl (C=O) groups excluding carboxylic acids is 1. The third-order valence-electron chi connectivity index (χ3n) is 4.97. The minimum absolute atomic E-state index is 0.0304. The number of ether oxygens (including phenoxy) is 1. The fourth-order valence-electron chi connectivity index (χ4n) is 3.24. The van der Waals surface area contributed by atoms with Crippen LogP contribution >= 0.6 is 0 Å². The number of benzene rings is 1. The predicted octanol–water partition coefficient (Wildman–Crippen LogP) is -0.00368. The lowest BCUT2D eigenvalue weighted by atomic mass is 10.2. The van der Waals surface area contributed by atoms with Gasteiger partial charge in [-0.25, -0.2) is 9.78 Å². The molecule has 0 saturated heterocycles. The Labute approximate surface area is 186 Å². The normalized spacial score (nSPS) is 11.0. The van der Waals surface area contributed by atoms with Gasteiger partial charge in [0.1, 0.15) is 6.54 Å². The monoisotopic (exact) mass is 451 g/mol. The van der Waals surface area contributed by atoms with Gasteiger partial charge in [0.15, 0.2) is 23.6 Å². The van der Waals surface area contributed by atoms with Crippen molar-refractivity contribution in [1.82, 2.24) is 33.6 Å². The predicted molar refractivity (Wildman–Crippen MR) is 119 cm³/mol. The van der Waals surface area contributed by atoms with Crippen molar-refractivity contribution in [2.45, 2.75) is 20.1 Å².